The molecule has 0 radical (unpaired) electrons. The van der Waals surface area contributed by atoms with Crippen molar-refractivity contribution in [1.29, 1.82) is 0 Å². The maximum atomic E-state index is 10.4. The van der Waals surface area contributed by atoms with Gasteiger partial charge in [0.2, 0.25) is 0 Å². The lowest BCUT2D eigenvalue weighted by atomic mass is 10.3. The zero-order valence-electron chi connectivity index (χ0n) is 6.77. The molecule has 0 spiro atoms. The Morgan fingerprint density at radius 3 is 3.00 bits per heavy atom. The van der Waals surface area contributed by atoms with Crippen molar-refractivity contribution in [3.8, 4) is 0 Å². The van der Waals surface area contributed by atoms with Crippen molar-refractivity contribution in [1.82, 2.24) is 4.90 Å². The van der Waals surface area contributed by atoms with Crippen LogP contribution in [0.25, 0.3) is 0 Å². The van der Waals surface area contributed by atoms with Crippen LogP contribution in [0.1, 0.15) is 0 Å². The maximum absolute atomic E-state index is 10.4. The molecule has 0 aromatic rings. The van der Waals surface area contributed by atoms with Gasteiger partial charge in [0.05, 0.1) is 13.2 Å². The van der Waals surface area contributed by atoms with Gasteiger partial charge in [-0.05, 0) is 0 Å². The molecule has 0 aromatic heterocycles. The van der Waals surface area contributed by atoms with E-state index in [9.17, 15) is 4.79 Å². The largest absolute Gasteiger partial charge is 0.480 e. The number of hydrogen-bond donors (Lipinski definition) is 2. The van der Waals surface area contributed by atoms with Crippen LogP contribution in [0.3, 0.4) is 0 Å². The number of aliphatic hydroxyl groups excluding tert-OH is 1. The highest BCUT2D eigenvalue weighted by Crippen LogP contribution is 2.15. The van der Waals surface area contributed by atoms with Gasteiger partial charge in [0.25, 0.3) is 0 Å². The predicted molar refractivity (Wildman–Crippen MR) is 47.4 cm³/mol. The number of hydrogen-bond acceptors (Lipinski definition) is 4. The summed E-state index contributed by atoms with van der Waals surface area (Å²) in [6.07, 6.45) is 0. The molecule has 5 heteroatoms. The molecule has 1 atom stereocenters. The van der Waals surface area contributed by atoms with E-state index >= 15 is 0 Å². The van der Waals surface area contributed by atoms with Crippen molar-refractivity contribution in [2.45, 2.75) is 6.04 Å². The Hall–Kier alpha value is -0.260. The first kappa shape index (κ1) is 9.83. The van der Waals surface area contributed by atoms with Crippen molar-refractivity contribution in [3.05, 3.63) is 0 Å². The summed E-state index contributed by atoms with van der Waals surface area (Å²) >= 11 is 1.76. The third-order valence-electron chi connectivity index (χ3n) is 1.90. The zero-order valence-corrected chi connectivity index (χ0v) is 7.59. The Labute approximate surface area is 75.6 Å². The molecule has 70 valence electrons. The molecule has 12 heavy (non-hydrogen) atoms. The van der Waals surface area contributed by atoms with Crippen molar-refractivity contribution in [2.24, 2.45) is 0 Å². The lowest BCUT2D eigenvalue weighted by Crippen LogP contribution is -2.46. The maximum Gasteiger partial charge on any atom is 0.317 e. The van der Waals surface area contributed by atoms with E-state index in [-0.39, 0.29) is 19.2 Å². The fourth-order valence-electron chi connectivity index (χ4n) is 1.24. The lowest BCUT2D eigenvalue weighted by molar-refractivity contribution is -0.139. The molecular formula is C7H13NO3S. The first-order valence-corrected chi connectivity index (χ1v) is 5.04. The monoisotopic (exact) mass is 191 g/mol. The summed E-state index contributed by atoms with van der Waals surface area (Å²) in [6, 6.07) is 0.0276. The van der Waals surface area contributed by atoms with E-state index in [2.05, 4.69) is 0 Å². The molecule has 1 aliphatic heterocycles. The van der Waals surface area contributed by atoms with Gasteiger partial charge in [-0.25, -0.2) is 0 Å². The van der Waals surface area contributed by atoms with Crippen molar-refractivity contribution in [2.75, 3.05) is 31.2 Å². The standard InChI is InChI=1S/C7H13NO3S/c9-4-6-5-12-2-1-8(6)3-7(10)11/h6,9H,1-5H2,(H,10,11). The SMILES string of the molecule is O=C(O)CN1CCSCC1CO. The lowest BCUT2D eigenvalue weighted by Gasteiger charge is -2.32. The summed E-state index contributed by atoms with van der Waals surface area (Å²) < 4.78 is 0. The number of carbonyl (C=O) groups is 1. The highest BCUT2D eigenvalue weighted by molar-refractivity contribution is 7.99. The van der Waals surface area contributed by atoms with Crippen molar-refractivity contribution < 1.29 is 15.0 Å². The Morgan fingerprint density at radius 2 is 2.42 bits per heavy atom. The van der Waals surface area contributed by atoms with Crippen LogP contribution < -0.4 is 0 Å². The number of carboxylic acid groups (broad SMARTS) is 1. The average Bonchev–Trinajstić information content (AvgIpc) is 2.04. The minimum Gasteiger partial charge on any atom is -0.480 e. The van der Waals surface area contributed by atoms with Crippen LogP contribution in [0.4, 0.5) is 0 Å². The molecule has 0 saturated carbocycles. The molecule has 0 aromatic carbocycles. The number of rotatable bonds is 3. The van der Waals surface area contributed by atoms with Crippen molar-refractivity contribution >= 4 is 17.7 Å². The van der Waals surface area contributed by atoms with Gasteiger partial charge in [0, 0.05) is 24.1 Å². The molecule has 0 bridgehead atoms. The van der Waals surface area contributed by atoms with Gasteiger partial charge in [-0.3, -0.25) is 9.69 Å². The summed E-state index contributed by atoms with van der Waals surface area (Å²) in [5.74, 6) is 0.980. The molecule has 1 aliphatic rings. The molecule has 1 fully saturated rings. The number of aliphatic carboxylic acids is 1. The first-order chi connectivity index (χ1) is 5.74. The van der Waals surface area contributed by atoms with Gasteiger partial charge in [-0.2, -0.15) is 11.8 Å². The van der Waals surface area contributed by atoms with E-state index in [1.807, 2.05) is 4.90 Å². The molecule has 1 saturated heterocycles. The number of aliphatic hydroxyl groups is 1. The van der Waals surface area contributed by atoms with Gasteiger partial charge in [0.1, 0.15) is 0 Å². The Kier molecular flexibility index (Phi) is 3.84. The molecule has 1 unspecified atom stereocenters. The van der Waals surface area contributed by atoms with Gasteiger partial charge in [0.15, 0.2) is 0 Å². The summed E-state index contributed by atoms with van der Waals surface area (Å²) in [4.78, 5) is 12.2. The molecule has 4 nitrogen and oxygen atoms in total. The fourth-order valence-corrected chi connectivity index (χ4v) is 2.36. The van der Waals surface area contributed by atoms with E-state index in [1.165, 1.54) is 0 Å². The smallest absolute Gasteiger partial charge is 0.317 e. The quantitative estimate of drug-likeness (QED) is 0.628. The topological polar surface area (TPSA) is 60.8 Å². The molecule has 1 heterocycles. The van der Waals surface area contributed by atoms with E-state index in [1.54, 1.807) is 11.8 Å². The van der Waals surface area contributed by atoms with Crippen LogP contribution in [0, 0.1) is 0 Å². The van der Waals surface area contributed by atoms with Crippen LogP contribution >= 0.6 is 11.8 Å². The second-order valence-electron chi connectivity index (χ2n) is 2.78. The van der Waals surface area contributed by atoms with Gasteiger partial charge < -0.3 is 10.2 Å². The zero-order chi connectivity index (χ0) is 8.97. The number of carboxylic acids is 1. The van der Waals surface area contributed by atoms with E-state index in [0.29, 0.717) is 0 Å². The average molecular weight is 191 g/mol. The van der Waals surface area contributed by atoms with E-state index in [4.69, 9.17) is 10.2 Å². The Bertz CT molecular complexity index is 165. The predicted octanol–water partition coefficient (Wildman–Crippen LogP) is -0.519. The summed E-state index contributed by atoms with van der Waals surface area (Å²) in [7, 11) is 0. The Morgan fingerprint density at radius 1 is 1.67 bits per heavy atom. The normalized spacial score (nSPS) is 25.6. The highest BCUT2D eigenvalue weighted by atomic mass is 32.2. The van der Waals surface area contributed by atoms with Gasteiger partial charge in [-0.1, -0.05) is 0 Å². The number of thioether (sulfide) groups is 1. The second kappa shape index (κ2) is 4.69. The minimum absolute atomic E-state index is 0.0276. The van der Waals surface area contributed by atoms with Crippen LogP contribution in [0.2, 0.25) is 0 Å². The van der Waals surface area contributed by atoms with Crippen LogP contribution in [-0.4, -0.2) is 58.3 Å². The summed E-state index contributed by atoms with van der Waals surface area (Å²) in [5, 5.41) is 17.5. The fraction of sp³-hybridized carbons (Fsp3) is 0.857. The second-order valence-corrected chi connectivity index (χ2v) is 3.93. The van der Waals surface area contributed by atoms with Crippen molar-refractivity contribution in [3.63, 3.8) is 0 Å². The third kappa shape index (κ3) is 2.66. The van der Waals surface area contributed by atoms with E-state index < -0.39 is 5.97 Å². The molecular weight excluding hydrogens is 178 g/mol. The van der Waals surface area contributed by atoms with Crippen LogP contribution in [-0.2, 0) is 4.79 Å². The van der Waals surface area contributed by atoms with E-state index in [0.717, 1.165) is 18.1 Å². The van der Waals surface area contributed by atoms with Gasteiger partial charge >= 0.3 is 5.97 Å². The van der Waals surface area contributed by atoms with Crippen LogP contribution in [0.15, 0.2) is 0 Å². The molecule has 0 aliphatic carbocycles. The molecule has 1 rings (SSSR count). The molecule has 2 N–H and O–H groups in total. The summed E-state index contributed by atoms with van der Waals surface area (Å²) in [5.41, 5.74) is 0. The summed E-state index contributed by atoms with van der Waals surface area (Å²) in [6.45, 7) is 0.869. The highest BCUT2D eigenvalue weighted by Gasteiger charge is 2.23. The Balaban J connectivity index is 2.41. The van der Waals surface area contributed by atoms with Gasteiger partial charge in [-0.15, -0.1) is 0 Å². The third-order valence-corrected chi connectivity index (χ3v) is 2.99. The van der Waals surface area contributed by atoms with Crippen LogP contribution in [0.5, 0.6) is 0 Å². The first-order valence-electron chi connectivity index (χ1n) is 3.88. The number of nitrogens with zero attached hydrogens (tertiary/aromatic N) is 1. The minimum atomic E-state index is -0.819. The molecule has 0 amide bonds.